The average molecular weight is 467 g/mol. The molecule has 1 saturated heterocycles. The summed E-state index contributed by atoms with van der Waals surface area (Å²) < 4.78 is 0. The number of nitrogens with one attached hydrogen (secondary N) is 1. The molecule has 1 unspecified atom stereocenters. The molecule has 2 aromatic rings. The van der Waals surface area contributed by atoms with Crippen LogP contribution >= 0.6 is 23.7 Å². The minimum Gasteiger partial charge on any atom is -0.391 e. The minimum atomic E-state index is -0.735. The zero-order chi connectivity index (χ0) is 22.1. The molecule has 2 heterocycles. The van der Waals surface area contributed by atoms with Gasteiger partial charge in [0.1, 0.15) is 6.04 Å². The Bertz CT molecular complexity index is 910. The van der Waals surface area contributed by atoms with Crippen LogP contribution in [0.2, 0.25) is 0 Å². The van der Waals surface area contributed by atoms with Crippen molar-refractivity contribution in [2.45, 2.75) is 58.8 Å². The Kier molecular flexibility index (Phi) is 8.21. The van der Waals surface area contributed by atoms with Crippen LogP contribution in [-0.4, -0.2) is 51.5 Å². The monoisotopic (exact) mass is 466 g/mol. The van der Waals surface area contributed by atoms with Gasteiger partial charge >= 0.3 is 0 Å². The molecular formula is C22H31ClN4O3S. The molecule has 0 saturated carbocycles. The molecule has 0 radical (unpaired) electrons. The first-order valence-corrected chi connectivity index (χ1v) is 11.0. The second-order valence-corrected chi connectivity index (χ2v) is 9.78. The van der Waals surface area contributed by atoms with Crippen LogP contribution in [0.25, 0.3) is 10.4 Å². The summed E-state index contributed by atoms with van der Waals surface area (Å²) in [5.74, 6) is -0.577. The maximum atomic E-state index is 12.8. The van der Waals surface area contributed by atoms with Crippen molar-refractivity contribution in [2.75, 3.05) is 6.54 Å². The van der Waals surface area contributed by atoms with Crippen LogP contribution in [0.4, 0.5) is 0 Å². The van der Waals surface area contributed by atoms with E-state index in [4.69, 9.17) is 5.73 Å². The largest absolute Gasteiger partial charge is 0.391 e. The Morgan fingerprint density at radius 2 is 1.97 bits per heavy atom. The van der Waals surface area contributed by atoms with Crippen LogP contribution < -0.4 is 11.1 Å². The van der Waals surface area contributed by atoms with Gasteiger partial charge in [0.05, 0.1) is 28.2 Å². The molecule has 1 aromatic heterocycles. The molecule has 9 heteroatoms. The summed E-state index contributed by atoms with van der Waals surface area (Å²) >= 11 is 1.60. The van der Waals surface area contributed by atoms with E-state index in [1.807, 2.05) is 57.5 Å². The summed E-state index contributed by atoms with van der Waals surface area (Å²) in [6.45, 7) is 8.11. The molecule has 170 valence electrons. The lowest BCUT2D eigenvalue weighted by molar-refractivity contribution is -0.141. The summed E-state index contributed by atoms with van der Waals surface area (Å²) in [5.41, 5.74) is 10.6. The van der Waals surface area contributed by atoms with E-state index in [2.05, 4.69) is 10.3 Å². The number of nitrogens with zero attached hydrogens (tertiary/aromatic N) is 2. The van der Waals surface area contributed by atoms with Crippen molar-refractivity contribution in [1.82, 2.24) is 15.2 Å². The van der Waals surface area contributed by atoms with E-state index >= 15 is 0 Å². The topological polar surface area (TPSA) is 109 Å². The van der Waals surface area contributed by atoms with Crippen LogP contribution in [0.3, 0.4) is 0 Å². The average Bonchev–Trinajstić information content (AvgIpc) is 3.30. The molecule has 1 aliphatic rings. The van der Waals surface area contributed by atoms with Gasteiger partial charge in [-0.3, -0.25) is 9.59 Å². The molecule has 1 aliphatic heterocycles. The predicted molar refractivity (Wildman–Crippen MR) is 125 cm³/mol. The Morgan fingerprint density at radius 1 is 1.32 bits per heavy atom. The number of rotatable bonds is 5. The van der Waals surface area contributed by atoms with E-state index in [1.54, 1.807) is 11.3 Å². The van der Waals surface area contributed by atoms with Crippen molar-refractivity contribution >= 4 is 35.6 Å². The molecule has 4 N–H and O–H groups in total. The third kappa shape index (κ3) is 5.83. The van der Waals surface area contributed by atoms with Gasteiger partial charge in [-0.2, -0.15) is 0 Å². The highest BCUT2D eigenvalue weighted by atomic mass is 35.5. The smallest absolute Gasteiger partial charge is 0.243 e. The number of aromatic nitrogens is 1. The number of carbonyl (C=O) groups is 2. The number of β-amino-alcohol motifs (C(OH)–C–C–N with tert-alkyl or cyclic N) is 1. The Labute approximate surface area is 193 Å². The molecule has 0 bridgehead atoms. The van der Waals surface area contributed by atoms with Crippen molar-refractivity contribution in [3.8, 4) is 10.4 Å². The lowest BCUT2D eigenvalue weighted by atomic mass is 9.86. The van der Waals surface area contributed by atoms with Gasteiger partial charge in [-0.15, -0.1) is 23.7 Å². The number of nitrogens with two attached hydrogens (primary N) is 1. The van der Waals surface area contributed by atoms with Crippen LogP contribution in [0.5, 0.6) is 0 Å². The van der Waals surface area contributed by atoms with E-state index in [-0.39, 0.29) is 37.2 Å². The van der Waals surface area contributed by atoms with Gasteiger partial charge in [-0.25, -0.2) is 4.98 Å². The fourth-order valence-electron chi connectivity index (χ4n) is 3.51. The summed E-state index contributed by atoms with van der Waals surface area (Å²) in [4.78, 5) is 32.4. The van der Waals surface area contributed by atoms with E-state index in [0.717, 1.165) is 21.7 Å². The molecule has 1 fully saturated rings. The fourth-order valence-corrected chi connectivity index (χ4v) is 4.33. The van der Waals surface area contributed by atoms with Crippen molar-refractivity contribution in [3.05, 3.63) is 41.0 Å². The minimum absolute atomic E-state index is 0. The number of amides is 2. The maximum absolute atomic E-state index is 12.8. The van der Waals surface area contributed by atoms with E-state index in [0.29, 0.717) is 6.54 Å². The van der Waals surface area contributed by atoms with Gasteiger partial charge in [0.2, 0.25) is 11.8 Å². The standard InChI is InChI=1S/C22H30N4O3S.ClH/c1-13-18(30-12-25-13)15-7-5-14(6-8-15)10-24-20(28)17-9-16(27)11-26(17)21(29)19(23)22(2,3)4;/h5-8,12,16-17,19,27H,9-11,23H2,1-4H3,(H,24,28);1H/t16-,17?,19+;/m0./s1. The summed E-state index contributed by atoms with van der Waals surface area (Å²) in [7, 11) is 0. The first kappa shape index (κ1) is 25.3. The predicted octanol–water partition coefficient (Wildman–Crippen LogP) is 2.49. The van der Waals surface area contributed by atoms with Crippen LogP contribution in [0.15, 0.2) is 29.8 Å². The molecule has 2 amide bonds. The molecule has 31 heavy (non-hydrogen) atoms. The quantitative estimate of drug-likeness (QED) is 0.627. The Balaban J connectivity index is 0.00000341. The maximum Gasteiger partial charge on any atom is 0.243 e. The second kappa shape index (κ2) is 10.1. The van der Waals surface area contributed by atoms with Gasteiger partial charge in [-0.05, 0) is 23.5 Å². The van der Waals surface area contributed by atoms with Crippen LogP contribution in [-0.2, 0) is 16.1 Å². The van der Waals surface area contributed by atoms with Crippen molar-refractivity contribution < 1.29 is 14.7 Å². The first-order valence-electron chi connectivity index (χ1n) is 10.1. The number of carbonyl (C=O) groups excluding carboxylic acids is 2. The van der Waals surface area contributed by atoms with E-state index < -0.39 is 23.6 Å². The van der Waals surface area contributed by atoms with E-state index in [1.165, 1.54) is 4.90 Å². The van der Waals surface area contributed by atoms with Gasteiger partial charge < -0.3 is 21.1 Å². The Morgan fingerprint density at radius 3 is 2.52 bits per heavy atom. The van der Waals surface area contributed by atoms with Crippen molar-refractivity contribution in [2.24, 2.45) is 11.1 Å². The second-order valence-electron chi connectivity index (χ2n) is 8.92. The number of aliphatic hydroxyl groups excluding tert-OH is 1. The third-order valence-electron chi connectivity index (χ3n) is 5.49. The van der Waals surface area contributed by atoms with Crippen LogP contribution in [0.1, 0.15) is 38.4 Å². The highest BCUT2D eigenvalue weighted by Gasteiger charge is 2.42. The Hall–Kier alpha value is -2.00. The van der Waals surface area contributed by atoms with E-state index in [9.17, 15) is 14.7 Å². The highest BCUT2D eigenvalue weighted by Crippen LogP contribution is 2.27. The molecule has 0 spiro atoms. The molecule has 3 rings (SSSR count). The summed E-state index contributed by atoms with van der Waals surface area (Å²) in [6, 6.07) is 6.52. The number of aryl methyl sites for hydroxylation is 1. The number of thiazole rings is 1. The van der Waals surface area contributed by atoms with Crippen LogP contribution in [0, 0.1) is 12.3 Å². The number of hydrogen-bond acceptors (Lipinski definition) is 6. The molecule has 0 aliphatic carbocycles. The highest BCUT2D eigenvalue weighted by molar-refractivity contribution is 7.13. The number of likely N-dealkylation sites (tertiary alicyclic amines) is 1. The van der Waals surface area contributed by atoms with Crippen molar-refractivity contribution in [1.29, 1.82) is 0 Å². The lowest BCUT2D eigenvalue weighted by Gasteiger charge is -2.32. The zero-order valence-electron chi connectivity index (χ0n) is 18.3. The molecule has 1 aromatic carbocycles. The third-order valence-corrected chi connectivity index (χ3v) is 6.47. The number of aliphatic hydroxyl groups is 1. The number of hydrogen-bond donors (Lipinski definition) is 3. The summed E-state index contributed by atoms with van der Waals surface area (Å²) in [5, 5.41) is 13.0. The zero-order valence-corrected chi connectivity index (χ0v) is 19.9. The molecule has 3 atom stereocenters. The van der Waals surface area contributed by atoms with Gasteiger partial charge in [0, 0.05) is 19.5 Å². The van der Waals surface area contributed by atoms with Gasteiger partial charge in [0.15, 0.2) is 0 Å². The normalized spacial score (nSPS) is 19.6. The first-order chi connectivity index (χ1) is 14.1. The number of benzene rings is 1. The lowest BCUT2D eigenvalue weighted by Crippen LogP contribution is -2.54. The SMILES string of the molecule is Cc1ncsc1-c1ccc(CNC(=O)C2C[C@H](O)CN2C(=O)[C@@H](N)C(C)(C)C)cc1.Cl. The van der Waals surface area contributed by atoms with Gasteiger partial charge in [0.25, 0.3) is 0 Å². The fraction of sp³-hybridized carbons (Fsp3) is 0.500. The summed E-state index contributed by atoms with van der Waals surface area (Å²) in [6.07, 6.45) is -0.503. The molecule has 7 nitrogen and oxygen atoms in total. The van der Waals surface area contributed by atoms with Gasteiger partial charge in [-0.1, -0.05) is 45.0 Å². The number of halogens is 1. The van der Waals surface area contributed by atoms with Crippen molar-refractivity contribution in [3.63, 3.8) is 0 Å². The molecular weight excluding hydrogens is 436 g/mol.